The average Bonchev–Trinajstić information content (AvgIpc) is 2.73. The fourth-order valence-corrected chi connectivity index (χ4v) is 2.05. The molecule has 1 fully saturated rings. The van der Waals surface area contributed by atoms with Gasteiger partial charge in [0, 0.05) is 12.5 Å². The van der Waals surface area contributed by atoms with Crippen molar-refractivity contribution in [3.05, 3.63) is 26.9 Å². The molecule has 0 radical (unpaired) electrons. The van der Waals surface area contributed by atoms with Crippen LogP contribution in [0.5, 0.6) is 5.88 Å². The van der Waals surface area contributed by atoms with Gasteiger partial charge in [0.2, 0.25) is 11.8 Å². The van der Waals surface area contributed by atoms with Crippen molar-refractivity contribution < 1.29 is 14.5 Å². The highest BCUT2D eigenvalue weighted by atomic mass is 79.9. The second-order valence-corrected chi connectivity index (χ2v) is 4.71. The second-order valence-electron chi connectivity index (χ2n) is 3.85. The molecule has 0 bridgehead atoms. The number of aromatic nitrogens is 1. The Morgan fingerprint density at radius 2 is 2.44 bits per heavy atom. The van der Waals surface area contributed by atoms with E-state index in [9.17, 15) is 14.9 Å². The molecule has 7 nitrogen and oxygen atoms in total. The van der Waals surface area contributed by atoms with Crippen molar-refractivity contribution in [2.75, 3.05) is 6.61 Å². The smallest absolute Gasteiger partial charge is 0.288 e. The first-order valence-electron chi connectivity index (χ1n) is 5.28. The molecule has 1 N–H and O–H groups in total. The van der Waals surface area contributed by atoms with Crippen LogP contribution in [-0.2, 0) is 4.79 Å². The van der Waals surface area contributed by atoms with E-state index < -0.39 is 4.92 Å². The lowest BCUT2D eigenvalue weighted by molar-refractivity contribution is -0.385. The summed E-state index contributed by atoms with van der Waals surface area (Å²) in [4.78, 5) is 24.8. The topological polar surface area (TPSA) is 94.4 Å². The van der Waals surface area contributed by atoms with Gasteiger partial charge in [-0.25, -0.2) is 4.98 Å². The second kappa shape index (κ2) is 5.30. The Morgan fingerprint density at radius 3 is 3.00 bits per heavy atom. The number of pyridine rings is 1. The lowest BCUT2D eigenvalue weighted by atomic mass is 10.2. The number of amides is 1. The van der Waals surface area contributed by atoms with Crippen LogP contribution in [0.1, 0.15) is 12.8 Å². The highest BCUT2D eigenvalue weighted by molar-refractivity contribution is 9.10. The lowest BCUT2D eigenvalue weighted by Crippen LogP contribution is -2.31. The highest BCUT2D eigenvalue weighted by Gasteiger charge is 2.22. The fourth-order valence-electron chi connectivity index (χ4n) is 1.60. The van der Waals surface area contributed by atoms with E-state index >= 15 is 0 Å². The summed E-state index contributed by atoms with van der Waals surface area (Å²) >= 11 is 3.16. The van der Waals surface area contributed by atoms with Crippen molar-refractivity contribution >= 4 is 27.5 Å². The molecule has 18 heavy (non-hydrogen) atoms. The highest BCUT2D eigenvalue weighted by Crippen LogP contribution is 2.26. The Hall–Kier alpha value is -1.70. The maximum atomic E-state index is 11.0. The minimum Gasteiger partial charge on any atom is -0.475 e. The lowest BCUT2D eigenvalue weighted by Gasteiger charge is -2.11. The van der Waals surface area contributed by atoms with Crippen LogP contribution in [0.25, 0.3) is 0 Å². The van der Waals surface area contributed by atoms with Gasteiger partial charge in [-0.2, -0.15) is 0 Å². The summed E-state index contributed by atoms with van der Waals surface area (Å²) in [6.45, 7) is 0.301. The van der Waals surface area contributed by atoms with E-state index in [2.05, 4.69) is 26.2 Å². The normalized spacial score (nSPS) is 18.5. The van der Waals surface area contributed by atoms with Crippen LogP contribution in [0.2, 0.25) is 0 Å². The standard InChI is InChI=1S/C10H10BrN3O4/c11-8-3-7(14(16)17)4-12-10(8)18-5-6-1-2-9(15)13-6/h3-4,6H,1-2,5H2,(H,13,15)/t6-/m1/s1. The van der Waals surface area contributed by atoms with Crippen molar-refractivity contribution in [3.8, 4) is 5.88 Å². The van der Waals surface area contributed by atoms with Gasteiger partial charge in [0.25, 0.3) is 5.69 Å². The molecule has 0 unspecified atom stereocenters. The van der Waals surface area contributed by atoms with Crippen molar-refractivity contribution in [2.24, 2.45) is 0 Å². The monoisotopic (exact) mass is 315 g/mol. The van der Waals surface area contributed by atoms with Gasteiger partial charge in [0.05, 0.1) is 15.4 Å². The molecule has 0 saturated carbocycles. The minimum atomic E-state index is -0.529. The van der Waals surface area contributed by atoms with Crippen LogP contribution in [0.3, 0.4) is 0 Å². The number of carbonyl (C=O) groups is 1. The van der Waals surface area contributed by atoms with E-state index in [1.807, 2.05) is 0 Å². The molecule has 1 aliphatic heterocycles. The van der Waals surface area contributed by atoms with E-state index in [4.69, 9.17) is 4.74 Å². The molecular formula is C10H10BrN3O4. The number of nitrogens with one attached hydrogen (secondary N) is 1. The molecule has 1 aromatic heterocycles. The molecule has 1 aliphatic rings. The molecule has 2 heterocycles. The molecule has 8 heteroatoms. The van der Waals surface area contributed by atoms with Gasteiger partial charge < -0.3 is 10.1 Å². The molecule has 0 spiro atoms. The van der Waals surface area contributed by atoms with Gasteiger partial charge in [-0.15, -0.1) is 0 Å². The molecule has 1 amide bonds. The third-order valence-electron chi connectivity index (χ3n) is 2.51. The zero-order chi connectivity index (χ0) is 13.1. The quantitative estimate of drug-likeness (QED) is 0.669. The molecule has 0 aromatic carbocycles. The third kappa shape index (κ3) is 2.95. The Morgan fingerprint density at radius 1 is 1.67 bits per heavy atom. The summed E-state index contributed by atoms with van der Waals surface area (Å²) in [5.41, 5.74) is -0.108. The molecule has 0 aliphatic carbocycles. The first kappa shape index (κ1) is 12.7. The van der Waals surface area contributed by atoms with Gasteiger partial charge in [-0.1, -0.05) is 0 Å². The largest absolute Gasteiger partial charge is 0.475 e. The van der Waals surface area contributed by atoms with E-state index in [1.54, 1.807) is 0 Å². The Balaban J connectivity index is 1.97. The third-order valence-corrected chi connectivity index (χ3v) is 3.08. The van der Waals surface area contributed by atoms with Gasteiger partial charge in [-0.05, 0) is 22.4 Å². The van der Waals surface area contributed by atoms with Crippen molar-refractivity contribution in [1.29, 1.82) is 0 Å². The van der Waals surface area contributed by atoms with Crippen molar-refractivity contribution in [1.82, 2.24) is 10.3 Å². The number of hydrogen-bond acceptors (Lipinski definition) is 5. The van der Waals surface area contributed by atoms with E-state index in [1.165, 1.54) is 6.07 Å². The number of ether oxygens (including phenoxy) is 1. The van der Waals surface area contributed by atoms with Gasteiger partial charge in [0.15, 0.2) is 0 Å². The predicted molar refractivity (Wildman–Crippen MR) is 65.3 cm³/mol. The maximum Gasteiger partial charge on any atom is 0.288 e. The molecule has 1 aromatic rings. The number of halogens is 1. The van der Waals surface area contributed by atoms with E-state index in [0.717, 1.165) is 12.6 Å². The van der Waals surface area contributed by atoms with Crippen molar-refractivity contribution in [2.45, 2.75) is 18.9 Å². The maximum absolute atomic E-state index is 11.0. The first-order valence-corrected chi connectivity index (χ1v) is 6.07. The molecular weight excluding hydrogens is 306 g/mol. The molecule has 2 rings (SSSR count). The van der Waals surface area contributed by atoms with Gasteiger partial charge in [-0.3, -0.25) is 14.9 Å². The van der Waals surface area contributed by atoms with Crippen molar-refractivity contribution in [3.63, 3.8) is 0 Å². The Bertz CT molecular complexity index is 494. The van der Waals surface area contributed by atoms with Crippen LogP contribution in [0.4, 0.5) is 5.69 Å². The zero-order valence-corrected chi connectivity index (χ0v) is 10.8. The first-order chi connectivity index (χ1) is 8.56. The van der Waals surface area contributed by atoms with E-state index in [0.29, 0.717) is 17.5 Å². The number of hydrogen-bond donors (Lipinski definition) is 1. The summed E-state index contributed by atoms with van der Waals surface area (Å²) < 4.78 is 5.83. The van der Waals surface area contributed by atoms with Crippen LogP contribution in [0, 0.1) is 10.1 Å². The molecule has 1 atom stereocenters. The molecule has 1 saturated heterocycles. The predicted octanol–water partition coefficient (Wildman–Crippen LogP) is 1.41. The summed E-state index contributed by atoms with van der Waals surface area (Å²) in [5.74, 6) is 0.293. The molecule has 96 valence electrons. The average molecular weight is 316 g/mol. The zero-order valence-electron chi connectivity index (χ0n) is 9.26. The summed E-state index contributed by atoms with van der Waals surface area (Å²) in [6.07, 6.45) is 2.36. The number of nitrogens with zero attached hydrogens (tertiary/aromatic N) is 2. The summed E-state index contributed by atoms with van der Waals surface area (Å²) in [6, 6.07) is 1.30. The van der Waals surface area contributed by atoms with Crippen LogP contribution in [0.15, 0.2) is 16.7 Å². The Labute approximate surface area is 111 Å². The Kier molecular flexibility index (Phi) is 3.75. The van der Waals surface area contributed by atoms with E-state index in [-0.39, 0.29) is 23.5 Å². The van der Waals surface area contributed by atoms with Gasteiger partial charge in [0.1, 0.15) is 12.8 Å². The number of carbonyl (C=O) groups excluding carboxylic acids is 1. The number of nitro groups is 1. The number of rotatable bonds is 4. The van der Waals surface area contributed by atoms with Gasteiger partial charge >= 0.3 is 0 Å². The summed E-state index contributed by atoms with van der Waals surface area (Å²) in [5, 5.41) is 13.3. The fraction of sp³-hybridized carbons (Fsp3) is 0.400. The van der Waals surface area contributed by atoms with Crippen LogP contribution < -0.4 is 10.1 Å². The van der Waals surface area contributed by atoms with Crippen LogP contribution >= 0.6 is 15.9 Å². The minimum absolute atomic E-state index is 0.0133. The van der Waals surface area contributed by atoms with Crippen LogP contribution in [-0.4, -0.2) is 28.5 Å². The summed E-state index contributed by atoms with van der Waals surface area (Å²) in [7, 11) is 0. The SMILES string of the molecule is O=C1CC[C@H](COc2ncc([N+](=O)[O-])cc2Br)N1.